The van der Waals surface area contributed by atoms with Crippen LogP contribution in [-0.4, -0.2) is 24.0 Å². The van der Waals surface area contributed by atoms with Gasteiger partial charge in [0.25, 0.3) is 11.8 Å². The molecule has 4 aromatic carbocycles. The van der Waals surface area contributed by atoms with E-state index in [-0.39, 0.29) is 21.9 Å². The standard InChI is InChI=1S/C28H17BrCl3N3O4/c29-19-6-11-25(39-28(38)16-4-7-20(30)8-5-16)18(12-19)15-33-35-26(36)17-2-1-3-22(13-17)34-27(37)23-10-9-21(31)14-24(23)32/h1-15H,(H,34,37)(H,35,36). The fourth-order valence-electron chi connectivity index (χ4n) is 3.29. The number of hydrogen-bond donors (Lipinski definition) is 2. The van der Waals surface area contributed by atoms with Crippen LogP contribution in [-0.2, 0) is 0 Å². The molecular weight excluding hydrogens is 629 g/mol. The number of rotatable bonds is 7. The quantitative estimate of drug-likeness (QED) is 0.0934. The zero-order valence-electron chi connectivity index (χ0n) is 19.8. The number of nitrogens with one attached hydrogen (secondary N) is 2. The van der Waals surface area contributed by atoms with E-state index in [1.165, 1.54) is 24.4 Å². The molecule has 39 heavy (non-hydrogen) atoms. The molecule has 4 aromatic rings. The summed E-state index contributed by atoms with van der Waals surface area (Å²) < 4.78 is 6.22. The summed E-state index contributed by atoms with van der Waals surface area (Å²) in [4.78, 5) is 37.8. The molecule has 0 atom stereocenters. The highest BCUT2D eigenvalue weighted by molar-refractivity contribution is 9.10. The summed E-state index contributed by atoms with van der Waals surface area (Å²) in [7, 11) is 0. The number of carbonyl (C=O) groups excluding carboxylic acids is 3. The minimum absolute atomic E-state index is 0.203. The minimum atomic E-state index is -0.577. The van der Waals surface area contributed by atoms with Gasteiger partial charge in [-0.2, -0.15) is 5.10 Å². The van der Waals surface area contributed by atoms with Gasteiger partial charge in [0.2, 0.25) is 0 Å². The summed E-state index contributed by atoms with van der Waals surface area (Å²) in [5.41, 5.74) is 4.05. The van der Waals surface area contributed by atoms with E-state index in [9.17, 15) is 14.4 Å². The third kappa shape index (κ3) is 7.68. The first-order valence-electron chi connectivity index (χ1n) is 11.2. The molecule has 196 valence electrons. The van der Waals surface area contributed by atoms with Gasteiger partial charge in [0.1, 0.15) is 5.75 Å². The molecule has 0 saturated heterocycles. The lowest BCUT2D eigenvalue weighted by Gasteiger charge is -2.09. The van der Waals surface area contributed by atoms with Crippen LogP contribution in [0.1, 0.15) is 36.6 Å². The molecule has 0 aliphatic rings. The molecule has 2 amide bonds. The number of esters is 1. The molecule has 0 aliphatic heterocycles. The summed E-state index contributed by atoms with van der Waals surface area (Å²) in [5, 5.41) is 7.80. The second-order valence-corrected chi connectivity index (χ2v) is 10.1. The highest BCUT2D eigenvalue weighted by atomic mass is 79.9. The van der Waals surface area contributed by atoms with Crippen LogP contribution < -0.4 is 15.5 Å². The van der Waals surface area contributed by atoms with Crippen molar-refractivity contribution in [3.8, 4) is 5.75 Å². The van der Waals surface area contributed by atoms with Crippen LogP contribution in [0, 0.1) is 0 Å². The van der Waals surface area contributed by atoms with Crippen molar-refractivity contribution < 1.29 is 19.1 Å². The highest BCUT2D eigenvalue weighted by Gasteiger charge is 2.14. The van der Waals surface area contributed by atoms with Crippen LogP contribution in [0.2, 0.25) is 15.1 Å². The summed E-state index contributed by atoms with van der Waals surface area (Å²) in [5.74, 6) is -1.32. The molecule has 0 saturated carbocycles. The van der Waals surface area contributed by atoms with Crippen molar-refractivity contribution in [2.45, 2.75) is 0 Å². The SMILES string of the molecule is O=C(NN=Cc1cc(Br)ccc1OC(=O)c1ccc(Cl)cc1)c1cccc(NC(=O)c2ccc(Cl)cc2Cl)c1. The van der Waals surface area contributed by atoms with Crippen molar-refractivity contribution in [3.63, 3.8) is 0 Å². The molecule has 4 rings (SSSR count). The Kier molecular flexibility index (Phi) is 9.37. The topological polar surface area (TPSA) is 96.9 Å². The Hall–Kier alpha value is -3.69. The largest absolute Gasteiger partial charge is 0.422 e. The van der Waals surface area contributed by atoms with E-state index in [2.05, 4.69) is 31.8 Å². The molecule has 0 fully saturated rings. The highest BCUT2D eigenvalue weighted by Crippen LogP contribution is 2.24. The van der Waals surface area contributed by atoms with Crippen LogP contribution in [0.3, 0.4) is 0 Å². The number of amides is 2. The molecule has 0 unspecified atom stereocenters. The van der Waals surface area contributed by atoms with E-state index in [1.54, 1.807) is 66.7 Å². The smallest absolute Gasteiger partial charge is 0.343 e. The molecule has 11 heteroatoms. The Bertz CT molecular complexity index is 1590. The van der Waals surface area contributed by atoms with E-state index >= 15 is 0 Å². The number of ether oxygens (including phenoxy) is 1. The molecule has 0 heterocycles. The van der Waals surface area contributed by atoms with E-state index in [0.717, 1.165) is 0 Å². The number of hydrogen-bond acceptors (Lipinski definition) is 5. The van der Waals surface area contributed by atoms with Gasteiger partial charge < -0.3 is 10.1 Å². The minimum Gasteiger partial charge on any atom is -0.422 e. The maximum absolute atomic E-state index is 12.7. The molecule has 7 nitrogen and oxygen atoms in total. The lowest BCUT2D eigenvalue weighted by atomic mass is 10.1. The molecule has 0 spiro atoms. The number of nitrogens with zero attached hydrogens (tertiary/aromatic N) is 1. The molecule has 0 radical (unpaired) electrons. The van der Waals surface area contributed by atoms with Gasteiger partial charge in [0.05, 0.1) is 22.4 Å². The predicted molar refractivity (Wildman–Crippen MR) is 156 cm³/mol. The normalized spacial score (nSPS) is 10.8. The number of benzene rings is 4. The number of halogens is 4. The predicted octanol–water partition coefficient (Wildman–Crippen LogP) is 7.64. The summed E-state index contributed by atoms with van der Waals surface area (Å²) in [6.45, 7) is 0. The van der Waals surface area contributed by atoms with Crippen LogP contribution in [0.25, 0.3) is 0 Å². The lowest BCUT2D eigenvalue weighted by Crippen LogP contribution is -2.18. The lowest BCUT2D eigenvalue weighted by molar-refractivity contribution is 0.0734. The maximum atomic E-state index is 12.7. The number of anilines is 1. The van der Waals surface area contributed by atoms with Crippen molar-refractivity contribution in [3.05, 3.63) is 127 Å². The average Bonchev–Trinajstić information content (AvgIpc) is 2.90. The first-order chi connectivity index (χ1) is 18.7. The second kappa shape index (κ2) is 12.9. The number of carbonyl (C=O) groups is 3. The first-order valence-corrected chi connectivity index (χ1v) is 13.1. The Morgan fingerprint density at radius 1 is 0.795 bits per heavy atom. The monoisotopic (exact) mass is 643 g/mol. The Labute approximate surface area is 246 Å². The average molecular weight is 646 g/mol. The molecule has 2 N–H and O–H groups in total. The third-order valence-corrected chi connectivity index (χ3v) is 6.48. The van der Waals surface area contributed by atoms with E-state index in [1.807, 2.05) is 0 Å². The number of hydrazone groups is 1. The van der Waals surface area contributed by atoms with Crippen molar-refractivity contribution in [1.29, 1.82) is 0 Å². The van der Waals surface area contributed by atoms with E-state index in [0.29, 0.717) is 31.3 Å². The molecular formula is C28H17BrCl3N3O4. The Balaban J connectivity index is 1.43. The van der Waals surface area contributed by atoms with Crippen molar-refractivity contribution in [2.24, 2.45) is 5.10 Å². The molecule has 0 bridgehead atoms. The van der Waals surface area contributed by atoms with Crippen molar-refractivity contribution in [1.82, 2.24) is 5.43 Å². The van der Waals surface area contributed by atoms with Crippen LogP contribution in [0.4, 0.5) is 5.69 Å². The van der Waals surface area contributed by atoms with Crippen LogP contribution >= 0.6 is 50.7 Å². The fraction of sp³-hybridized carbons (Fsp3) is 0. The zero-order valence-corrected chi connectivity index (χ0v) is 23.6. The van der Waals surface area contributed by atoms with Crippen LogP contribution in [0.15, 0.2) is 94.5 Å². The fourth-order valence-corrected chi connectivity index (χ4v) is 4.29. The second-order valence-electron chi connectivity index (χ2n) is 7.94. The van der Waals surface area contributed by atoms with Crippen molar-refractivity contribution >= 4 is 80.4 Å². The van der Waals surface area contributed by atoms with Gasteiger partial charge in [-0.05, 0) is 78.9 Å². The molecule has 0 aliphatic carbocycles. The summed E-state index contributed by atoms with van der Waals surface area (Å²) in [6.07, 6.45) is 1.35. The summed E-state index contributed by atoms with van der Waals surface area (Å²) in [6, 6.07) is 22.1. The van der Waals surface area contributed by atoms with Crippen LogP contribution in [0.5, 0.6) is 5.75 Å². The zero-order chi connectivity index (χ0) is 27.9. The van der Waals surface area contributed by atoms with Crippen molar-refractivity contribution in [2.75, 3.05) is 5.32 Å². The maximum Gasteiger partial charge on any atom is 0.343 e. The van der Waals surface area contributed by atoms with E-state index < -0.39 is 17.8 Å². The summed E-state index contributed by atoms with van der Waals surface area (Å²) >= 11 is 21.2. The first kappa shape index (κ1) is 28.3. The van der Waals surface area contributed by atoms with Gasteiger partial charge in [-0.3, -0.25) is 9.59 Å². The Morgan fingerprint density at radius 2 is 1.54 bits per heavy atom. The van der Waals surface area contributed by atoms with Gasteiger partial charge in [0.15, 0.2) is 0 Å². The van der Waals surface area contributed by atoms with Gasteiger partial charge >= 0.3 is 5.97 Å². The van der Waals surface area contributed by atoms with Gasteiger partial charge in [-0.15, -0.1) is 0 Å². The van der Waals surface area contributed by atoms with Gasteiger partial charge in [-0.1, -0.05) is 56.8 Å². The third-order valence-electron chi connectivity index (χ3n) is 5.18. The molecule has 0 aromatic heterocycles. The Morgan fingerprint density at radius 3 is 2.28 bits per heavy atom. The van der Waals surface area contributed by atoms with E-state index in [4.69, 9.17) is 39.5 Å². The van der Waals surface area contributed by atoms with Gasteiger partial charge in [-0.25, -0.2) is 10.2 Å². The van der Waals surface area contributed by atoms with Gasteiger partial charge in [0, 0.05) is 31.3 Å².